The number of carbonyl (C=O) groups excluding carboxylic acids is 1. The molecule has 1 atom stereocenters. The van der Waals surface area contributed by atoms with Crippen LogP contribution in [0, 0.1) is 5.82 Å². The van der Waals surface area contributed by atoms with Crippen LogP contribution in [-0.4, -0.2) is 36.8 Å². The van der Waals surface area contributed by atoms with Gasteiger partial charge in [0, 0.05) is 22.6 Å². The summed E-state index contributed by atoms with van der Waals surface area (Å²) in [4.78, 5) is 14.4. The van der Waals surface area contributed by atoms with Crippen molar-refractivity contribution in [2.24, 2.45) is 0 Å². The minimum absolute atomic E-state index is 0.0638. The van der Waals surface area contributed by atoms with Gasteiger partial charge in [-0.05, 0) is 30.2 Å². The first kappa shape index (κ1) is 19.0. The Kier molecular flexibility index (Phi) is 5.77. The van der Waals surface area contributed by atoms with Crippen LogP contribution in [0.5, 0.6) is 0 Å². The zero-order valence-corrected chi connectivity index (χ0v) is 16.5. The van der Waals surface area contributed by atoms with Gasteiger partial charge in [0.1, 0.15) is 5.82 Å². The van der Waals surface area contributed by atoms with Gasteiger partial charge in [-0.3, -0.25) is 4.79 Å². The first-order valence-electron chi connectivity index (χ1n) is 8.32. The monoisotopic (exact) mass is 439 g/mol. The van der Waals surface area contributed by atoms with E-state index in [1.54, 1.807) is 18.2 Å². The number of hydrogen-bond donors (Lipinski definition) is 0. The Bertz CT molecular complexity index is 917. The number of carbonyl (C=O) groups is 1. The summed E-state index contributed by atoms with van der Waals surface area (Å²) in [5.74, 6) is -0.594. The molecule has 1 aliphatic heterocycles. The molecule has 1 aliphatic rings. The van der Waals surface area contributed by atoms with Gasteiger partial charge in [0.2, 0.25) is 5.91 Å². The highest BCUT2D eigenvalue weighted by atomic mass is 79.9. The fourth-order valence-corrected chi connectivity index (χ4v) is 5.35. The molecule has 2 aromatic rings. The lowest BCUT2D eigenvalue weighted by atomic mass is 10.1. The van der Waals surface area contributed by atoms with Crippen molar-refractivity contribution in [1.29, 1.82) is 0 Å². The highest BCUT2D eigenvalue weighted by Gasteiger charge is 2.34. The predicted molar refractivity (Wildman–Crippen MR) is 102 cm³/mol. The molecule has 3 rings (SSSR count). The second kappa shape index (κ2) is 7.88. The number of amides is 1. The van der Waals surface area contributed by atoms with Crippen molar-refractivity contribution in [2.75, 3.05) is 11.5 Å². The van der Waals surface area contributed by atoms with E-state index in [2.05, 4.69) is 15.9 Å². The van der Waals surface area contributed by atoms with Crippen molar-refractivity contribution >= 4 is 31.7 Å². The fraction of sp³-hybridized carbons (Fsp3) is 0.316. The summed E-state index contributed by atoms with van der Waals surface area (Å²) in [6.07, 6.45) is 0.533. The van der Waals surface area contributed by atoms with Gasteiger partial charge in [-0.25, -0.2) is 12.8 Å². The van der Waals surface area contributed by atoms with Gasteiger partial charge >= 0.3 is 0 Å². The SMILES string of the molecule is O=C(Cc1cccc(Br)c1)N(Cc1ccccc1F)[C@H]1CCS(=O)(=O)C1. The highest BCUT2D eigenvalue weighted by Crippen LogP contribution is 2.23. The van der Waals surface area contributed by atoms with Crippen molar-refractivity contribution in [3.05, 3.63) is 69.9 Å². The first-order chi connectivity index (χ1) is 12.3. The van der Waals surface area contributed by atoms with Crippen LogP contribution in [0.15, 0.2) is 53.0 Å². The Hall–Kier alpha value is -1.73. The number of halogens is 2. The summed E-state index contributed by atoms with van der Waals surface area (Å²) in [6, 6.07) is 13.3. The largest absolute Gasteiger partial charge is 0.334 e. The lowest BCUT2D eigenvalue weighted by Gasteiger charge is -2.29. The summed E-state index contributed by atoms with van der Waals surface area (Å²) in [6.45, 7) is 0.0691. The van der Waals surface area contributed by atoms with Crippen molar-refractivity contribution in [2.45, 2.75) is 25.4 Å². The zero-order chi connectivity index (χ0) is 18.7. The molecule has 0 aliphatic carbocycles. The molecule has 2 aromatic carbocycles. The van der Waals surface area contributed by atoms with Crippen LogP contribution in [0.4, 0.5) is 4.39 Å². The van der Waals surface area contributed by atoms with Gasteiger partial charge in [0.15, 0.2) is 9.84 Å². The molecule has 1 fully saturated rings. The maximum atomic E-state index is 14.1. The quantitative estimate of drug-likeness (QED) is 0.717. The maximum Gasteiger partial charge on any atom is 0.227 e. The van der Waals surface area contributed by atoms with Crippen molar-refractivity contribution in [3.8, 4) is 0 Å². The summed E-state index contributed by atoms with van der Waals surface area (Å²) in [5.41, 5.74) is 1.21. The van der Waals surface area contributed by atoms with Crippen LogP contribution in [0.2, 0.25) is 0 Å². The highest BCUT2D eigenvalue weighted by molar-refractivity contribution is 9.10. The van der Waals surface area contributed by atoms with Gasteiger partial charge in [0.05, 0.1) is 17.9 Å². The molecule has 7 heteroatoms. The fourth-order valence-electron chi connectivity index (χ4n) is 3.18. The van der Waals surface area contributed by atoms with E-state index in [9.17, 15) is 17.6 Å². The van der Waals surface area contributed by atoms with Crippen LogP contribution in [-0.2, 0) is 27.6 Å². The van der Waals surface area contributed by atoms with Crippen LogP contribution in [0.1, 0.15) is 17.5 Å². The second-order valence-corrected chi connectivity index (χ2v) is 9.62. The normalized spacial score (nSPS) is 18.6. The van der Waals surface area contributed by atoms with Crippen LogP contribution in [0.25, 0.3) is 0 Å². The predicted octanol–water partition coefficient (Wildman–Crippen LogP) is 3.35. The van der Waals surface area contributed by atoms with E-state index < -0.39 is 21.7 Å². The first-order valence-corrected chi connectivity index (χ1v) is 10.9. The molecule has 26 heavy (non-hydrogen) atoms. The van der Waals surface area contributed by atoms with E-state index >= 15 is 0 Å². The number of hydrogen-bond acceptors (Lipinski definition) is 3. The Balaban J connectivity index is 1.84. The van der Waals surface area contributed by atoms with Gasteiger partial charge in [0.25, 0.3) is 0 Å². The van der Waals surface area contributed by atoms with E-state index in [0.29, 0.717) is 12.0 Å². The molecule has 1 saturated heterocycles. The summed E-state index contributed by atoms with van der Waals surface area (Å²) < 4.78 is 38.7. The Morgan fingerprint density at radius 3 is 2.62 bits per heavy atom. The Morgan fingerprint density at radius 2 is 1.96 bits per heavy atom. The van der Waals surface area contributed by atoms with Crippen molar-refractivity contribution in [1.82, 2.24) is 4.90 Å². The molecule has 4 nitrogen and oxygen atoms in total. The standard InChI is InChI=1S/C19H19BrFNO3S/c20-16-6-3-4-14(10-16)11-19(23)22(17-8-9-26(24,25)13-17)12-15-5-1-2-7-18(15)21/h1-7,10,17H,8-9,11-13H2/t17-/m0/s1. The molecule has 0 unspecified atom stereocenters. The van der Waals surface area contributed by atoms with Crippen LogP contribution < -0.4 is 0 Å². The number of nitrogens with zero attached hydrogens (tertiary/aromatic N) is 1. The molecular formula is C19H19BrFNO3S. The third-order valence-corrected chi connectivity index (χ3v) is 6.76. The summed E-state index contributed by atoms with van der Waals surface area (Å²) >= 11 is 3.38. The molecule has 1 heterocycles. The van der Waals surface area contributed by atoms with E-state index in [4.69, 9.17) is 0 Å². The molecule has 0 spiro atoms. The topological polar surface area (TPSA) is 54.5 Å². The van der Waals surface area contributed by atoms with Crippen LogP contribution in [0.3, 0.4) is 0 Å². The van der Waals surface area contributed by atoms with Crippen molar-refractivity contribution in [3.63, 3.8) is 0 Å². The minimum atomic E-state index is -3.15. The van der Waals surface area contributed by atoms with E-state index in [0.717, 1.165) is 10.0 Å². The molecule has 138 valence electrons. The second-order valence-electron chi connectivity index (χ2n) is 6.48. The number of benzene rings is 2. The summed E-state index contributed by atoms with van der Waals surface area (Å²) in [5, 5.41) is 0. The van der Waals surface area contributed by atoms with Gasteiger partial charge in [-0.1, -0.05) is 46.3 Å². The minimum Gasteiger partial charge on any atom is -0.334 e. The number of sulfone groups is 1. The van der Waals surface area contributed by atoms with Gasteiger partial charge < -0.3 is 4.90 Å². The smallest absolute Gasteiger partial charge is 0.227 e. The molecule has 0 saturated carbocycles. The Labute approximate surface area is 161 Å². The van der Waals surface area contributed by atoms with Crippen LogP contribution >= 0.6 is 15.9 Å². The molecule has 0 bridgehead atoms. The number of rotatable bonds is 5. The van der Waals surface area contributed by atoms with Crippen molar-refractivity contribution < 1.29 is 17.6 Å². The third-order valence-electron chi connectivity index (χ3n) is 4.51. The third kappa shape index (κ3) is 4.71. The average molecular weight is 440 g/mol. The molecule has 0 radical (unpaired) electrons. The average Bonchev–Trinajstić information content (AvgIpc) is 2.93. The molecular weight excluding hydrogens is 421 g/mol. The lowest BCUT2D eigenvalue weighted by molar-refractivity contribution is -0.133. The zero-order valence-electron chi connectivity index (χ0n) is 14.1. The molecule has 0 aromatic heterocycles. The van der Waals surface area contributed by atoms with E-state index in [1.807, 2.05) is 24.3 Å². The summed E-state index contributed by atoms with van der Waals surface area (Å²) in [7, 11) is -3.15. The lowest BCUT2D eigenvalue weighted by Crippen LogP contribution is -2.41. The maximum absolute atomic E-state index is 14.1. The van der Waals surface area contributed by atoms with E-state index in [-0.39, 0.29) is 30.4 Å². The molecule has 0 N–H and O–H groups in total. The Morgan fingerprint density at radius 1 is 1.19 bits per heavy atom. The van der Waals surface area contributed by atoms with E-state index in [1.165, 1.54) is 11.0 Å². The molecule has 1 amide bonds. The van der Waals surface area contributed by atoms with Gasteiger partial charge in [-0.15, -0.1) is 0 Å². The van der Waals surface area contributed by atoms with Gasteiger partial charge in [-0.2, -0.15) is 0 Å².